The molecule has 0 aromatic heterocycles. The molecule has 0 radical (unpaired) electrons. The maximum atomic E-state index is 3.89. The molecule has 0 saturated heterocycles. The summed E-state index contributed by atoms with van der Waals surface area (Å²) in [6.45, 7) is 3.89. The molecule has 0 aromatic rings. The Morgan fingerprint density at radius 2 is 2.27 bits per heavy atom. The third-order valence-corrected chi connectivity index (χ3v) is 1.97. The van der Waals surface area contributed by atoms with Crippen LogP contribution in [0.25, 0.3) is 0 Å². The van der Waals surface area contributed by atoms with E-state index in [0.29, 0.717) is 0 Å². The Morgan fingerprint density at radius 1 is 1.36 bits per heavy atom. The summed E-state index contributed by atoms with van der Waals surface area (Å²) in [4.78, 5) is 2.15. The molecule has 1 heteroatoms. The first kappa shape index (κ1) is 6.47. The largest absolute Gasteiger partial charge is 0.328 e. The Morgan fingerprint density at radius 3 is 3.18 bits per heavy atom. The SMILES string of the molecule is C=C1C=CN2C=CCCC2=C1. The van der Waals surface area contributed by atoms with E-state index in [1.165, 1.54) is 5.70 Å². The van der Waals surface area contributed by atoms with E-state index in [0.717, 1.165) is 18.4 Å². The van der Waals surface area contributed by atoms with Crippen LogP contribution in [0.5, 0.6) is 0 Å². The second-order valence-corrected chi connectivity index (χ2v) is 2.86. The second kappa shape index (κ2) is 2.42. The third kappa shape index (κ3) is 1.14. The summed E-state index contributed by atoms with van der Waals surface area (Å²) < 4.78 is 0. The summed E-state index contributed by atoms with van der Waals surface area (Å²) >= 11 is 0. The van der Waals surface area contributed by atoms with Gasteiger partial charge in [0.15, 0.2) is 0 Å². The van der Waals surface area contributed by atoms with Crippen molar-refractivity contribution in [2.24, 2.45) is 0 Å². The van der Waals surface area contributed by atoms with Crippen LogP contribution in [0.4, 0.5) is 0 Å². The molecule has 0 bridgehead atoms. The van der Waals surface area contributed by atoms with Crippen molar-refractivity contribution in [2.45, 2.75) is 12.8 Å². The Labute approximate surface area is 67.0 Å². The predicted octanol–water partition coefficient (Wildman–Crippen LogP) is 2.56. The average Bonchev–Trinajstić information content (AvgIpc) is 2.04. The van der Waals surface area contributed by atoms with Gasteiger partial charge < -0.3 is 4.90 Å². The van der Waals surface area contributed by atoms with Crippen molar-refractivity contribution in [1.82, 2.24) is 4.90 Å². The fourth-order valence-corrected chi connectivity index (χ4v) is 1.37. The molecule has 0 atom stereocenters. The van der Waals surface area contributed by atoms with E-state index in [4.69, 9.17) is 0 Å². The van der Waals surface area contributed by atoms with Crippen LogP contribution in [-0.4, -0.2) is 4.90 Å². The summed E-state index contributed by atoms with van der Waals surface area (Å²) in [5, 5.41) is 0. The maximum Gasteiger partial charge on any atom is 0.0229 e. The van der Waals surface area contributed by atoms with Crippen LogP contribution < -0.4 is 0 Å². The van der Waals surface area contributed by atoms with Crippen molar-refractivity contribution in [3.8, 4) is 0 Å². The van der Waals surface area contributed by atoms with E-state index >= 15 is 0 Å². The molecular weight excluding hydrogens is 134 g/mol. The summed E-state index contributed by atoms with van der Waals surface area (Å²) in [7, 11) is 0. The number of fused-ring (bicyclic) bond motifs is 1. The fourth-order valence-electron chi connectivity index (χ4n) is 1.37. The van der Waals surface area contributed by atoms with Crippen LogP contribution in [0.15, 0.2) is 48.5 Å². The predicted molar refractivity (Wildman–Crippen MR) is 46.6 cm³/mol. The van der Waals surface area contributed by atoms with Gasteiger partial charge in [0.25, 0.3) is 0 Å². The maximum absolute atomic E-state index is 3.89. The highest BCUT2D eigenvalue weighted by molar-refractivity contribution is 5.36. The number of hydrogen-bond acceptors (Lipinski definition) is 1. The molecule has 0 aliphatic carbocycles. The van der Waals surface area contributed by atoms with Gasteiger partial charge in [0, 0.05) is 18.1 Å². The first-order valence-electron chi connectivity index (χ1n) is 3.89. The van der Waals surface area contributed by atoms with Crippen molar-refractivity contribution in [3.05, 3.63) is 48.5 Å². The Kier molecular flexibility index (Phi) is 1.42. The minimum absolute atomic E-state index is 1.10. The first-order chi connectivity index (χ1) is 5.36. The number of nitrogens with zero attached hydrogens (tertiary/aromatic N) is 1. The zero-order valence-corrected chi connectivity index (χ0v) is 6.46. The molecular formula is C10H11N. The lowest BCUT2D eigenvalue weighted by molar-refractivity contribution is 0.559. The molecule has 2 heterocycles. The van der Waals surface area contributed by atoms with Gasteiger partial charge in [-0.15, -0.1) is 0 Å². The van der Waals surface area contributed by atoms with E-state index in [9.17, 15) is 0 Å². The smallest absolute Gasteiger partial charge is 0.0229 e. The fraction of sp³-hybridized carbons (Fsp3) is 0.200. The highest BCUT2D eigenvalue weighted by atomic mass is 15.1. The van der Waals surface area contributed by atoms with E-state index in [2.05, 4.69) is 36.0 Å². The normalized spacial score (nSPS) is 21.6. The van der Waals surface area contributed by atoms with Gasteiger partial charge in [0.05, 0.1) is 0 Å². The van der Waals surface area contributed by atoms with Gasteiger partial charge in [0.1, 0.15) is 0 Å². The molecule has 0 aromatic carbocycles. The second-order valence-electron chi connectivity index (χ2n) is 2.86. The highest BCUT2D eigenvalue weighted by Crippen LogP contribution is 2.23. The Hall–Kier alpha value is -1.24. The van der Waals surface area contributed by atoms with Gasteiger partial charge in [0.2, 0.25) is 0 Å². The van der Waals surface area contributed by atoms with Crippen molar-refractivity contribution in [1.29, 1.82) is 0 Å². The zero-order chi connectivity index (χ0) is 7.68. The summed E-state index contributed by atoms with van der Waals surface area (Å²) in [6.07, 6.45) is 12.8. The van der Waals surface area contributed by atoms with Crippen LogP contribution in [0.3, 0.4) is 0 Å². The van der Waals surface area contributed by atoms with E-state index in [-0.39, 0.29) is 0 Å². The molecule has 0 spiro atoms. The molecule has 2 rings (SSSR count). The first-order valence-corrected chi connectivity index (χ1v) is 3.89. The molecule has 1 nitrogen and oxygen atoms in total. The van der Waals surface area contributed by atoms with Gasteiger partial charge in [-0.2, -0.15) is 0 Å². The molecule has 0 saturated carbocycles. The van der Waals surface area contributed by atoms with Crippen molar-refractivity contribution >= 4 is 0 Å². The number of rotatable bonds is 0. The van der Waals surface area contributed by atoms with Gasteiger partial charge >= 0.3 is 0 Å². The van der Waals surface area contributed by atoms with Crippen LogP contribution in [0.1, 0.15) is 12.8 Å². The van der Waals surface area contributed by atoms with Gasteiger partial charge in [-0.05, 0) is 30.6 Å². The molecule has 2 aliphatic heterocycles. The lowest BCUT2D eigenvalue weighted by atomic mass is 10.1. The average molecular weight is 145 g/mol. The molecule has 11 heavy (non-hydrogen) atoms. The molecule has 0 N–H and O–H groups in total. The van der Waals surface area contributed by atoms with Crippen LogP contribution in [-0.2, 0) is 0 Å². The lowest BCUT2D eigenvalue weighted by Crippen LogP contribution is -2.14. The van der Waals surface area contributed by atoms with Crippen LogP contribution in [0, 0.1) is 0 Å². The molecule has 56 valence electrons. The summed E-state index contributed by atoms with van der Waals surface area (Å²) in [5.74, 6) is 0. The molecule has 2 aliphatic rings. The minimum atomic E-state index is 1.10. The molecule has 0 fully saturated rings. The summed E-state index contributed by atoms with van der Waals surface area (Å²) in [5.41, 5.74) is 2.46. The lowest BCUT2D eigenvalue weighted by Gasteiger charge is -2.25. The Balaban J connectivity index is 2.32. The Bertz CT molecular complexity index is 269. The topological polar surface area (TPSA) is 3.24 Å². The number of allylic oxidation sites excluding steroid dienone is 5. The molecule has 0 amide bonds. The quantitative estimate of drug-likeness (QED) is 0.506. The van der Waals surface area contributed by atoms with Gasteiger partial charge in [-0.3, -0.25) is 0 Å². The van der Waals surface area contributed by atoms with Crippen LogP contribution in [0.2, 0.25) is 0 Å². The van der Waals surface area contributed by atoms with Crippen molar-refractivity contribution in [3.63, 3.8) is 0 Å². The molecule has 0 unspecified atom stereocenters. The van der Waals surface area contributed by atoms with Crippen LogP contribution >= 0.6 is 0 Å². The standard InChI is InChI=1S/C10H11N/c1-9-5-7-11-6-3-2-4-10(11)8-9/h3,5-8H,1-2,4H2. The van der Waals surface area contributed by atoms with E-state index in [1.54, 1.807) is 0 Å². The van der Waals surface area contributed by atoms with Gasteiger partial charge in [-0.1, -0.05) is 12.7 Å². The van der Waals surface area contributed by atoms with E-state index in [1.807, 2.05) is 6.08 Å². The zero-order valence-electron chi connectivity index (χ0n) is 6.46. The minimum Gasteiger partial charge on any atom is -0.328 e. The summed E-state index contributed by atoms with van der Waals surface area (Å²) in [6, 6.07) is 0. The highest BCUT2D eigenvalue weighted by Gasteiger charge is 2.10. The third-order valence-electron chi connectivity index (χ3n) is 1.97. The van der Waals surface area contributed by atoms with Crippen molar-refractivity contribution < 1.29 is 0 Å². The van der Waals surface area contributed by atoms with Gasteiger partial charge in [-0.25, -0.2) is 0 Å². The monoisotopic (exact) mass is 145 g/mol. The number of hydrogen-bond donors (Lipinski definition) is 0. The van der Waals surface area contributed by atoms with Crippen molar-refractivity contribution in [2.75, 3.05) is 0 Å². The van der Waals surface area contributed by atoms with E-state index < -0.39 is 0 Å².